The van der Waals surface area contributed by atoms with Crippen LogP contribution in [-0.4, -0.2) is 39.9 Å². The van der Waals surface area contributed by atoms with Gasteiger partial charge in [0.15, 0.2) is 0 Å². The summed E-state index contributed by atoms with van der Waals surface area (Å²) in [6.45, 7) is 3.48. The number of nitrogens with zero attached hydrogens (tertiary/aromatic N) is 4. The van der Waals surface area contributed by atoms with Crippen LogP contribution in [0.1, 0.15) is 29.5 Å². The first-order valence-electron chi connectivity index (χ1n) is 12.3. The van der Waals surface area contributed by atoms with Crippen LogP contribution in [0.15, 0.2) is 89.7 Å². The van der Waals surface area contributed by atoms with E-state index in [9.17, 15) is 9.18 Å². The van der Waals surface area contributed by atoms with Gasteiger partial charge in [-0.15, -0.1) is 0 Å². The van der Waals surface area contributed by atoms with E-state index in [1.807, 2.05) is 27.9 Å². The highest BCUT2D eigenvalue weighted by Gasteiger charge is 2.43. The van der Waals surface area contributed by atoms with Gasteiger partial charge in [-0.25, -0.2) is 9.07 Å². The second kappa shape index (κ2) is 8.86. The number of aliphatic imine (C=N–C) groups is 1. The molecule has 5 nitrogen and oxygen atoms in total. The Morgan fingerprint density at radius 2 is 1.89 bits per heavy atom. The molecule has 1 saturated heterocycles. The third kappa shape index (κ3) is 3.92. The van der Waals surface area contributed by atoms with Crippen LogP contribution in [0.3, 0.4) is 0 Å². The van der Waals surface area contributed by atoms with Crippen LogP contribution in [0.2, 0.25) is 0 Å². The van der Waals surface area contributed by atoms with Crippen molar-refractivity contribution in [1.29, 1.82) is 0 Å². The number of aromatic nitrogens is 2. The molecule has 0 saturated carbocycles. The number of carbonyl (C=O) groups is 1. The highest BCUT2D eigenvalue weighted by molar-refractivity contribution is 5.96. The van der Waals surface area contributed by atoms with E-state index in [4.69, 9.17) is 0 Å². The van der Waals surface area contributed by atoms with Gasteiger partial charge in [0.1, 0.15) is 11.5 Å². The zero-order valence-corrected chi connectivity index (χ0v) is 20.2. The Morgan fingerprint density at radius 3 is 2.64 bits per heavy atom. The summed E-state index contributed by atoms with van der Waals surface area (Å²) in [5.41, 5.74) is 5.81. The maximum atomic E-state index is 13.5. The maximum Gasteiger partial charge on any atom is 0.272 e. The number of likely N-dealkylation sites (tertiary alicyclic amines) is 1. The van der Waals surface area contributed by atoms with Gasteiger partial charge in [0.2, 0.25) is 0 Å². The fraction of sp³-hybridized carbons (Fsp3) is 0.233. The summed E-state index contributed by atoms with van der Waals surface area (Å²) in [5.74, 6) is -0.252. The Hall–Kier alpha value is -4.06. The van der Waals surface area contributed by atoms with Crippen LogP contribution in [0.25, 0.3) is 16.6 Å². The minimum absolute atomic E-state index is 0.0153. The first-order chi connectivity index (χ1) is 17.5. The molecular weight excluding hydrogens is 451 g/mol. The van der Waals surface area contributed by atoms with Crippen molar-refractivity contribution < 1.29 is 9.18 Å². The Balaban J connectivity index is 1.42. The van der Waals surface area contributed by atoms with Crippen LogP contribution in [0.5, 0.6) is 0 Å². The van der Waals surface area contributed by atoms with E-state index < -0.39 is 0 Å². The van der Waals surface area contributed by atoms with Crippen molar-refractivity contribution in [2.24, 2.45) is 4.99 Å². The Kier molecular flexibility index (Phi) is 5.52. The van der Waals surface area contributed by atoms with Crippen molar-refractivity contribution in [2.75, 3.05) is 13.1 Å². The van der Waals surface area contributed by atoms with Crippen LogP contribution < -0.4 is 0 Å². The molecule has 0 bridgehead atoms. The van der Waals surface area contributed by atoms with Crippen LogP contribution >= 0.6 is 0 Å². The summed E-state index contributed by atoms with van der Waals surface area (Å²) in [6.07, 6.45) is 8.01. The van der Waals surface area contributed by atoms with Gasteiger partial charge >= 0.3 is 0 Å². The number of fused-ring (bicyclic) bond motifs is 1. The number of hydrogen-bond acceptors (Lipinski definition) is 3. The fourth-order valence-corrected chi connectivity index (χ4v) is 5.70. The Morgan fingerprint density at radius 1 is 1.08 bits per heavy atom. The molecule has 1 aromatic heterocycles. The van der Waals surface area contributed by atoms with Crippen molar-refractivity contribution in [3.05, 3.63) is 107 Å². The fourth-order valence-electron chi connectivity index (χ4n) is 5.70. The van der Waals surface area contributed by atoms with E-state index in [1.165, 1.54) is 23.3 Å². The van der Waals surface area contributed by atoms with Crippen LogP contribution in [-0.2, 0) is 16.6 Å². The third-order valence-electron chi connectivity index (χ3n) is 7.45. The molecule has 6 heteroatoms. The van der Waals surface area contributed by atoms with E-state index in [1.54, 1.807) is 18.3 Å². The SMILES string of the molecule is Cc1cc2c(cnn2-c2ccc(F)cc2)cc1C1(Cc2ccccc2)CCN(C(=O)C2=CCC=N2)C1. The molecule has 0 spiro atoms. The normalized spacial score (nSPS) is 19.3. The minimum Gasteiger partial charge on any atom is -0.336 e. The molecule has 1 unspecified atom stereocenters. The van der Waals surface area contributed by atoms with Crippen molar-refractivity contribution >= 4 is 23.0 Å². The number of rotatable bonds is 5. The highest BCUT2D eigenvalue weighted by Crippen LogP contribution is 2.41. The monoisotopic (exact) mass is 478 g/mol. The molecule has 3 heterocycles. The lowest BCUT2D eigenvalue weighted by atomic mass is 9.73. The summed E-state index contributed by atoms with van der Waals surface area (Å²) < 4.78 is 15.3. The lowest BCUT2D eigenvalue weighted by Gasteiger charge is -2.32. The number of hydrogen-bond donors (Lipinski definition) is 0. The number of allylic oxidation sites excluding steroid dienone is 1. The van der Waals surface area contributed by atoms with E-state index in [-0.39, 0.29) is 17.1 Å². The number of benzene rings is 3. The summed E-state index contributed by atoms with van der Waals surface area (Å²) >= 11 is 0. The Bertz CT molecular complexity index is 1500. The van der Waals surface area contributed by atoms with Crippen molar-refractivity contribution in [3.8, 4) is 5.69 Å². The van der Waals surface area contributed by atoms with Gasteiger partial charge in [-0.3, -0.25) is 9.79 Å². The van der Waals surface area contributed by atoms with Gasteiger partial charge in [0.05, 0.1) is 17.4 Å². The number of halogens is 1. The van der Waals surface area contributed by atoms with Crippen molar-refractivity contribution in [1.82, 2.24) is 14.7 Å². The zero-order valence-electron chi connectivity index (χ0n) is 20.2. The van der Waals surface area contributed by atoms with Crippen molar-refractivity contribution in [3.63, 3.8) is 0 Å². The molecule has 1 amide bonds. The molecule has 3 aromatic carbocycles. The van der Waals surface area contributed by atoms with Crippen LogP contribution in [0.4, 0.5) is 4.39 Å². The molecule has 2 aliphatic heterocycles. The summed E-state index contributed by atoms with van der Waals surface area (Å²) in [5, 5.41) is 5.64. The molecule has 1 atom stereocenters. The minimum atomic E-state index is -0.268. The third-order valence-corrected chi connectivity index (χ3v) is 7.45. The Labute approximate surface area is 209 Å². The molecule has 6 rings (SSSR count). The van der Waals surface area contributed by atoms with Gasteiger partial charge in [0, 0.05) is 36.5 Å². The molecule has 0 N–H and O–H groups in total. The van der Waals surface area contributed by atoms with E-state index in [0.29, 0.717) is 18.8 Å². The topological polar surface area (TPSA) is 50.5 Å². The number of carbonyl (C=O) groups excluding carboxylic acids is 1. The molecule has 180 valence electrons. The predicted molar refractivity (Wildman–Crippen MR) is 140 cm³/mol. The molecule has 1 fully saturated rings. The predicted octanol–water partition coefficient (Wildman–Crippen LogP) is 5.54. The summed E-state index contributed by atoms with van der Waals surface area (Å²) in [4.78, 5) is 19.5. The number of aryl methyl sites for hydroxylation is 1. The average molecular weight is 479 g/mol. The lowest BCUT2D eigenvalue weighted by molar-refractivity contribution is -0.126. The van der Waals surface area contributed by atoms with Gasteiger partial charge in [-0.2, -0.15) is 5.10 Å². The van der Waals surface area contributed by atoms with Gasteiger partial charge in [-0.1, -0.05) is 30.3 Å². The van der Waals surface area contributed by atoms with E-state index in [2.05, 4.69) is 53.4 Å². The molecule has 0 radical (unpaired) electrons. The first kappa shape index (κ1) is 22.4. The van der Waals surface area contributed by atoms with Gasteiger partial charge in [0.25, 0.3) is 5.91 Å². The highest BCUT2D eigenvalue weighted by atomic mass is 19.1. The standard InChI is InChI=1S/C30H27FN4O/c1-21-16-28-23(19-33-35(28)25-11-9-24(31)10-12-25)17-26(21)30(18-22-6-3-2-4-7-22)13-15-34(20-30)29(36)27-8-5-14-32-27/h2-4,6-12,14,16-17,19H,5,13,15,18,20H2,1H3. The zero-order chi connectivity index (χ0) is 24.7. The number of amides is 1. The van der Waals surface area contributed by atoms with Crippen molar-refractivity contribution in [2.45, 2.75) is 31.6 Å². The lowest BCUT2D eigenvalue weighted by Crippen LogP contribution is -2.37. The second-order valence-corrected chi connectivity index (χ2v) is 9.81. The summed E-state index contributed by atoms with van der Waals surface area (Å²) in [6, 6.07) is 21.3. The quantitative estimate of drug-likeness (QED) is 0.378. The molecular formula is C30H27FN4O. The van der Waals surface area contributed by atoms with Crippen LogP contribution in [0, 0.1) is 12.7 Å². The summed E-state index contributed by atoms with van der Waals surface area (Å²) in [7, 11) is 0. The molecule has 0 aliphatic carbocycles. The van der Waals surface area contributed by atoms with E-state index >= 15 is 0 Å². The molecule has 2 aliphatic rings. The molecule has 36 heavy (non-hydrogen) atoms. The largest absolute Gasteiger partial charge is 0.336 e. The van der Waals surface area contributed by atoms with E-state index in [0.717, 1.165) is 41.4 Å². The van der Waals surface area contributed by atoms with Gasteiger partial charge in [-0.05, 0) is 78.9 Å². The second-order valence-electron chi connectivity index (χ2n) is 9.81. The average Bonchev–Trinajstić information content (AvgIpc) is 3.65. The first-order valence-corrected chi connectivity index (χ1v) is 12.3. The maximum absolute atomic E-state index is 13.5. The molecule has 4 aromatic rings. The smallest absolute Gasteiger partial charge is 0.272 e. The van der Waals surface area contributed by atoms with Gasteiger partial charge < -0.3 is 4.90 Å².